The predicted molar refractivity (Wildman–Crippen MR) is 78.5 cm³/mol. The Morgan fingerprint density at radius 2 is 1.81 bits per heavy atom. The molecule has 0 radical (unpaired) electrons. The number of hydrogen-bond acceptors (Lipinski definition) is 6. The molecule has 0 saturated carbocycles. The van der Waals surface area contributed by atoms with Gasteiger partial charge in [-0.2, -0.15) is 0 Å². The lowest BCUT2D eigenvalue weighted by Crippen LogP contribution is -2.42. The third-order valence-corrected chi connectivity index (χ3v) is 3.30. The van der Waals surface area contributed by atoms with Gasteiger partial charge in [-0.3, -0.25) is 0 Å². The number of hydrogen-bond donors (Lipinski definition) is 2. The summed E-state index contributed by atoms with van der Waals surface area (Å²) in [5.74, 6) is -2.87. The highest BCUT2D eigenvalue weighted by Gasteiger charge is 2.38. The average Bonchev–Trinajstić information content (AvgIpc) is 2.32. The van der Waals surface area contributed by atoms with E-state index in [0.717, 1.165) is 11.8 Å². The molecule has 1 aliphatic heterocycles. The number of halogens is 1. The zero-order chi connectivity index (χ0) is 15.8. The monoisotopic (exact) mass is 355 g/mol. The summed E-state index contributed by atoms with van der Waals surface area (Å²) in [5.41, 5.74) is 0.960. The maximum absolute atomic E-state index is 11.8. The van der Waals surface area contributed by atoms with E-state index in [4.69, 9.17) is 9.47 Å². The van der Waals surface area contributed by atoms with E-state index in [-0.39, 0.29) is 11.3 Å². The number of esters is 2. The average molecular weight is 356 g/mol. The molecule has 1 heterocycles. The molecule has 1 saturated heterocycles. The third-order valence-electron chi connectivity index (χ3n) is 2.70. The van der Waals surface area contributed by atoms with Crippen molar-refractivity contribution in [1.82, 2.24) is 0 Å². The summed E-state index contributed by atoms with van der Waals surface area (Å²) in [6.07, 6.45) is 1.15. The quantitative estimate of drug-likeness (QED) is 0.367. The largest absolute Gasteiger partial charge is 0.505 e. The van der Waals surface area contributed by atoms with Crippen LogP contribution in [0.25, 0.3) is 0 Å². The number of aromatic hydroxyl groups is 1. The first-order valence-electron chi connectivity index (χ1n) is 6.12. The van der Waals surface area contributed by atoms with Gasteiger partial charge < -0.3 is 19.9 Å². The number of nitrogens with one attached hydrogen (secondary N) is 1. The second kappa shape index (κ2) is 5.40. The highest BCUT2D eigenvalue weighted by Crippen LogP contribution is 2.33. The zero-order valence-electron chi connectivity index (χ0n) is 11.7. The normalized spacial score (nSPS) is 17.0. The second-order valence-corrected chi connectivity index (χ2v) is 5.88. The molecule has 0 spiro atoms. The molecule has 7 heteroatoms. The molecular formula is C14H14BrNO5. The smallest absolute Gasteiger partial charge is 0.350 e. The van der Waals surface area contributed by atoms with Crippen molar-refractivity contribution in [2.75, 3.05) is 5.32 Å². The van der Waals surface area contributed by atoms with Gasteiger partial charge in [-0.15, -0.1) is 0 Å². The Balaban J connectivity index is 2.26. The van der Waals surface area contributed by atoms with Crippen LogP contribution in [0, 0.1) is 6.92 Å². The SMILES string of the molecule is Cc1cc(Br)c(O)c(NC=C2C(=O)OC(C)(C)OC2=O)c1. The lowest BCUT2D eigenvalue weighted by atomic mass is 10.2. The van der Waals surface area contributed by atoms with Crippen LogP contribution < -0.4 is 5.32 Å². The van der Waals surface area contributed by atoms with Crippen molar-refractivity contribution in [1.29, 1.82) is 0 Å². The number of aryl methyl sites for hydroxylation is 1. The van der Waals surface area contributed by atoms with Crippen LogP contribution in [0.15, 0.2) is 28.4 Å². The Bertz CT molecular complexity index is 629. The zero-order valence-corrected chi connectivity index (χ0v) is 13.3. The Labute approximate surface area is 129 Å². The molecule has 0 aromatic heterocycles. The van der Waals surface area contributed by atoms with E-state index >= 15 is 0 Å². The summed E-state index contributed by atoms with van der Waals surface area (Å²) in [4.78, 5) is 23.5. The van der Waals surface area contributed by atoms with Crippen LogP contribution in [-0.4, -0.2) is 22.8 Å². The molecule has 2 N–H and O–H groups in total. The summed E-state index contributed by atoms with van der Waals surface area (Å²) >= 11 is 3.21. The molecule has 1 aromatic carbocycles. The van der Waals surface area contributed by atoms with E-state index in [1.54, 1.807) is 12.1 Å². The molecular weight excluding hydrogens is 342 g/mol. The summed E-state index contributed by atoms with van der Waals surface area (Å²) in [7, 11) is 0. The first-order chi connectivity index (χ1) is 9.69. The first-order valence-corrected chi connectivity index (χ1v) is 6.91. The van der Waals surface area contributed by atoms with Crippen molar-refractivity contribution >= 4 is 33.6 Å². The number of ether oxygens (including phenoxy) is 2. The predicted octanol–water partition coefficient (Wildman–Crippen LogP) is 2.60. The molecule has 112 valence electrons. The van der Waals surface area contributed by atoms with Gasteiger partial charge in [0.15, 0.2) is 11.3 Å². The van der Waals surface area contributed by atoms with Gasteiger partial charge in [0.2, 0.25) is 0 Å². The van der Waals surface area contributed by atoms with Crippen LogP contribution in [-0.2, 0) is 19.1 Å². The standard InChI is InChI=1S/C14H14BrNO5/c1-7-4-9(15)11(17)10(5-7)16-6-8-12(18)20-14(2,3)21-13(8)19/h4-6,16-17H,1-3H3. The highest BCUT2D eigenvalue weighted by molar-refractivity contribution is 9.10. The summed E-state index contributed by atoms with van der Waals surface area (Å²) in [5, 5.41) is 12.6. The maximum Gasteiger partial charge on any atom is 0.350 e. The molecule has 0 unspecified atom stereocenters. The minimum absolute atomic E-state index is 0.0321. The fraction of sp³-hybridized carbons (Fsp3) is 0.286. The summed E-state index contributed by atoms with van der Waals surface area (Å²) < 4.78 is 10.4. The Hall–Kier alpha value is -2.02. The van der Waals surface area contributed by atoms with Crippen LogP contribution >= 0.6 is 15.9 Å². The lowest BCUT2D eigenvalue weighted by molar-refractivity contribution is -0.222. The number of benzene rings is 1. The van der Waals surface area contributed by atoms with Crippen LogP contribution in [0.3, 0.4) is 0 Å². The fourth-order valence-electron chi connectivity index (χ4n) is 1.77. The van der Waals surface area contributed by atoms with Crippen molar-refractivity contribution in [2.45, 2.75) is 26.6 Å². The first kappa shape index (κ1) is 15.4. The van der Waals surface area contributed by atoms with Crippen LogP contribution in [0.5, 0.6) is 5.75 Å². The Kier molecular flexibility index (Phi) is 3.95. The van der Waals surface area contributed by atoms with Crippen molar-refractivity contribution in [2.24, 2.45) is 0 Å². The van der Waals surface area contributed by atoms with E-state index in [2.05, 4.69) is 21.2 Å². The van der Waals surface area contributed by atoms with Crippen LogP contribution in [0.1, 0.15) is 19.4 Å². The fourth-order valence-corrected chi connectivity index (χ4v) is 2.35. The van der Waals surface area contributed by atoms with Crippen molar-refractivity contribution in [3.8, 4) is 5.75 Å². The van der Waals surface area contributed by atoms with E-state index in [1.165, 1.54) is 13.8 Å². The molecule has 0 atom stereocenters. The number of rotatable bonds is 2. The van der Waals surface area contributed by atoms with Gasteiger partial charge in [-0.05, 0) is 40.5 Å². The molecule has 6 nitrogen and oxygen atoms in total. The van der Waals surface area contributed by atoms with Gasteiger partial charge >= 0.3 is 11.9 Å². The number of phenols is 1. The molecule has 2 rings (SSSR count). The van der Waals surface area contributed by atoms with Gasteiger partial charge in [-0.1, -0.05) is 0 Å². The van der Waals surface area contributed by atoms with E-state index in [9.17, 15) is 14.7 Å². The van der Waals surface area contributed by atoms with Gasteiger partial charge in [0.05, 0.1) is 10.2 Å². The van der Waals surface area contributed by atoms with Gasteiger partial charge in [0.1, 0.15) is 0 Å². The minimum atomic E-state index is -1.28. The molecule has 21 heavy (non-hydrogen) atoms. The Morgan fingerprint density at radius 3 is 2.38 bits per heavy atom. The molecule has 0 amide bonds. The van der Waals surface area contributed by atoms with Crippen molar-refractivity contribution in [3.63, 3.8) is 0 Å². The van der Waals surface area contributed by atoms with Gasteiger partial charge in [0.25, 0.3) is 5.79 Å². The third kappa shape index (κ3) is 3.36. The molecule has 0 aliphatic carbocycles. The molecule has 0 bridgehead atoms. The number of anilines is 1. The summed E-state index contributed by atoms with van der Waals surface area (Å²) in [6, 6.07) is 3.40. The second-order valence-electron chi connectivity index (χ2n) is 5.02. The molecule has 1 aromatic rings. The topological polar surface area (TPSA) is 84.9 Å². The number of carbonyl (C=O) groups excluding carboxylic acids is 2. The van der Waals surface area contributed by atoms with Crippen LogP contribution in [0.2, 0.25) is 0 Å². The Morgan fingerprint density at radius 1 is 1.24 bits per heavy atom. The van der Waals surface area contributed by atoms with Crippen LogP contribution in [0.4, 0.5) is 5.69 Å². The van der Waals surface area contributed by atoms with Gasteiger partial charge in [0, 0.05) is 20.0 Å². The summed E-state index contributed by atoms with van der Waals surface area (Å²) in [6.45, 7) is 4.78. The van der Waals surface area contributed by atoms with E-state index in [1.807, 2.05) is 6.92 Å². The van der Waals surface area contributed by atoms with E-state index < -0.39 is 17.7 Å². The van der Waals surface area contributed by atoms with Gasteiger partial charge in [-0.25, -0.2) is 9.59 Å². The minimum Gasteiger partial charge on any atom is -0.505 e. The van der Waals surface area contributed by atoms with Crippen molar-refractivity contribution < 1.29 is 24.2 Å². The number of cyclic esters (lactones) is 2. The van der Waals surface area contributed by atoms with E-state index in [0.29, 0.717) is 10.2 Å². The molecule has 1 fully saturated rings. The number of carbonyl (C=O) groups is 2. The lowest BCUT2D eigenvalue weighted by Gasteiger charge is -2.29. The molecule has 1 aliphatic rings. The maximum atomic E-state index is 11.8. The highest BCUT2D eigenvalue weighted by atomic mass is 79.9. The number of phenolic OH excluding ortho intramolecular Hbond substituents is 1. The van der Waals surface area contributed by atoms with Crippen molar-refractivity contribution in [3.05, 3.63) is 33.9 Å².